The van der Waals surface area contributed by atoms with E-state index in [1.807, 2.05) is 0 Å². The minimum absolute atomic E-state index is 0.0818. The van der Waals surface area contributed by atoms with Crippen molar-refractivity contribution in [3.05, 3.63) is 48.6 Å². The first-order valence-corrected chi connectivity index (χ1v) is 27.2. The van der Waals surface area contributed by atoms with E-state index in [9.17, 15) is 9.59 Å². The molecule has 0 aliphatic rings. The highest BCUT2D eigenvalue weighted by molar-refractivity contribution is 5.70. The van der Waals surface area contributed by atoms with Gasteiger partial charge in [0, 0.05) is 19.4 Å². The molecule has 0 radical (unpaired) electrons. The molecule has 0 aromatic carbocycles. The quantitative estimate of drug-likeness (QED) is 0.0346. The fourth-order valence-electron chi connectivity index (χ4n) is 7.75. The SMILES string of the molecule is CCCCC/C=C\C/C=C\C/C=C\CCCCCCCCCOCC(COC(=O)CCCCCCCCC/C=C\CCCCCCCC)OC(=O)CCCCCCCCCCC. The zero-order valence-electron chi connectivity index (χ0n) is 41.6. The zero-order valence-corrected chi connectivity index (χ0v) is 41.6. The molecule has 5 nitrogen and oxygen atoms in total. The summed E-state index contributed by atoms with van der Waals surface area (Å²) in [6.07, 6.45) is 65.5. The highest BCUT2D eigenvalue weighted by Gasteiger charge is 2.17. The van der Waals surface area contributed by atoms with Gasteiger partial charge in [0.05, 0.1) is 6.61 Å². The molecule has 0 spiro atoms. The van der Waals surface area contributed by atoms with E-state index >= 15 is 0 Å². The molecule has 62 heavy (non-hydrogen) atoms. The van der Waals surface area contributed by atoms with Gasteiger partial charge in [0.2, 0.25) is 0 Å². The molecule has 0 saturated carbocycles. The van der Waals surface area contributed by atoms with Crippen LogP contribution in [0.5, 0.6) is 0 Å². The number of ether oxygens (including phenoxy) is 3. The second kappa shape index (κ2) is 53.2. The lowest BCUT2D eigenvalue weighted by molar-refractivity contribution is -0.163. The van der Waals surface area contributed by atoms with Crippen molar-refractivity contribution in [3.63, 3.8) is 0 Å². The first-order chi connectivity index (χ1) is 30.6. The lowest BCUT2D eigenvalue weighted by atomic mass is 10.1. The molecule has 0 fully saturated rings. The molecule has 0 amide bonds. The Hall–Kier alpha value is -2.14. The van der Waals surface area contributed by atoms with Crippen LogP contribution in [0.15, 0.2) is 48.6 Å². The third-order valence-corrected chi connectivity index (χ3v) is 11.8. The van der Waals surface area contributed by atoms with E-state index < -0.39 is 6.10 Å². The van der Waals surface area contributed by atoms with Gasteiger partial charge >= 0.3 is 11.9 Å². The van der Waals surface area contributed by atoms with Crippen molar-refractivity contribution < 1.29 is 23.8 Å². The number of esters is 2. The number of hydrogen-bond donors (Lipinski definition) is 0. The Morgan fingerprint density at radius 3 is 1.13 bits per heavy atom. The predicted octanol–water partition coefficient (Wildman–Crippen LogP) is 18.3. The summed E-state index contributed by atoms with van der Waals surface area (Å²) < 4.78 is 17.4. The summed E-state index contributed by atoms with van der Waals surface area (Å²) in [5, 5.41) is 0. The number of allylic oxidation sites excluding steroid dienone is 8. The average molecular weight is 869 g/mol. The van der Waals surface area contributed by atoms with E-state index in [1.165, 1.54) is 193 Å². The van der Waals surface area contributed by atoms with Gasteiger partial charge in [-0.05, 0) is 83.5 Å². The normalized spacial score (nSPS) is 12.5. The summed E-state index contributed by atoms with van der Waals surface area (Å²) in [6.45, 7) is 7.79. The largest absolute Gasteiger partial charge is 0.462 e. The minimum Gasteiger partial charge on any atom is -0.462 e. The van der Waals surface area contributed by atoms with Gasteiger partial charge in [0.15, 0.2) is 6.10 Å². The van der Waals surface area contributed by atoms with Crippen LogP contribution in [0.4, 0.5) is 0 Å². The fraction of sp³-hybridized carbons (Fsp3) is 0.825. The summed E-state index contributed by atoms with van der Waals surface area (Å²) >= 11 is 0. The van der Waals surface area contributed by atoms with Crippen LogP contribution in [0.1, 0.15) is 278 Å². The van der Waals surface area contributed by atoms with Gasteiger partial charge in [-0.15, -0.1) is 0 Å². The molecule has 0 aromatic heterocycles. The number of rotatable bonds is 50. The van der Waals surface area contributed by atoms with Crippen molar-refractivity contribution in [1.82, 2.24) is 0 Å². The smallest absolute Gasteiger partial charge is 0.306 e. The number of carbonyl (C=O) groups excluding carboxylic acids is 2. The average Bonchev–Trinajstić information content (AvgIpc) is 3.27. The van der Waals surface area contributed by atoms with E-state index in [0.29, 0.717) is 19.4 Å². The van der Waals surface area contributed by atoms with Gasteiger partial charge in [0.25, 0.3) is 0 Å². The van der Waals surface area contributed by atoms with Crippen LogP contribution in [0.3, 0.4) is 0 Å². The molecule has 1 atom stereocenters. The highest BCUT2D eigenvalue weighted by Crippen LogP contribution is 2.15. The number of hydrogen-bond acceptors (Lipinski definition) is 5. The lowest BCUT2D eigenvalue weighted by Crippen LogP contribution is -2.30. The predicted molar refractivity (Wildman–Crippen MR) is 270 cm³/mol. The number of carbonyl (C=O) groups is 2. The van der Waals surface area contributed by atoms with Crippen LogP contribution in [0.25, 0.3) is 0 Å². The van der Waals surface area contributed by atoms with E-state index in [4.69, 9.17) is 14.2 Å². The van der Waals surface area contributed by atoms with Gasteiger partial charge in [-0.1, -0.05) is 230 Å². The van der Waals surface area contributed by atoms with Crippen LogP contribution in [0.2, 0.25) is 0 Å². The molecule has 0 heterocycles. The topological polar surface area (TPSA) is 61.8 Å². The monoisotopic (exact) mass is 869 g/mol. The Bertz CT molecular complexity index is 1030. The van der Waals surface area contributed by atoms with E-state index in [0.717, 1.165) is 51.4 Å². The Morgan fingerprint density at radius 1 is 0.355 bits per heavy atom. The van der Waals surface area contributed by atoms with Gasteiger partial charge in [-0.2, -0.15) is 0 Å². The van der Waals surface area contributed by atoms with Crippen molar-refractivity contribution in [2.45, 2.75) is 284 Å². The van der Waals surface area contributed by atoms with Crippen LogP contribution in [0, 0.1) is 0 Å². The third kappa shape index (κ3) is 50.5. The first-order valence-electron chi connectivity index (χ1n) is 27.2. The molecule has 5 heteroatoms. The summed E-state index contributed by atoms with van der Waals surface area (Å²) in [6, 6.07) is 0. The lowest BCUT2D eigenvalue weighted by Gasteiger charge is -2.18. The number of unbranched alkanes of at least 4 members (excludes halogenated alkanes) is 31. The summed E-state index contributed by atoms with van der Waals surface area (Å²) in [7, 11) is 0. The van der Waals surface area contributed by atoms with Crippen molar-refractivity contribution in [3.8, 4) is 0 Å². The van der Waals surface area contributed by atoms with Crippen LogP contribution in [-0.4, -0.2) is 37.9 Å². The first kappa shape index (κ1) is 59.9. The second-order valence-corrected chi connectivity index (χ2v) is 18.1. The Kier molecular flexibility index (Phi) is 51.4. The van der Waals surface area contributed by atoms with Gasteiger partial charge in [-0.25, -0.2) is 0 Å². The van der Waals surface area contributed by atoms with Crippen molar-refractivity contribution in [2.75, 3.05) is 19.8 Å². The van der Waals surface area contributed by atoms with Gasteiger partial charge in [-0.3, -0.25) is 9.59 Å². The van der Waals surface area contributed by atoms with E-state index in [-0.39, 0.29) is 25.2 Å². The molecule has 0 rings (SSSR count). The molecular weight excluding hydrogens is 765 g/mol. The second-order valence-electron chi connectivity index (χ2n) is 18.1. The van der Waals surface area contributed by atoms with Crippen LogP contribution < -0.4 is 0 Å². The molecule has 0 saturated heterocycles. The molecule has 362 valence electrons. The summed E-state index contributed by atoms with van der Waals surface area (Å²) in [4.78, 5) is 25.3. The maximum atomic E-state index is 12.7. The fourth-order valence-corrected chi connectivity index (χ4v) is 7.75. The van der Waals surface area contributed by atoms with Crippen LogP contribution >= 0.6 is 0 Å². The van der Waals surface area contributed by atoms with Crippen molar-refractivity contribution in [2.24, 2.45) is 0 Å². The van der Waals surface area contributed by atoms with E-state index in [2.05, 4.69) is 69.4 Å². The molecular formula is C57H104O5. The Morgan fingerprint density at radius 2 is 0.677 bits per heavy atom. The minimum atomic E-state index is -0.539. The third-order valence-electron chi connectivity index (χ3n) is 11.8. The molecule has 0 aliphatic carbocycles. The highest BCUT2D eigenvalue weighted by atomic mass is 16.6. The summed E-state index contributed by atoms with van der Waals surface area (Å²) in [5.41, 5.74) is 0. The Balaban J connectivity index is 4.17. The standard InChI is InChI=1S/C57H104O5/c1-4-7-10-13-16-19-21-23-25-27-28-29-31-33-35-37-40-43-46-49-52-60-53-55(62-57(59)51-48-45-42-38-18-15-12-9-6-3)54-61-56(58)50-47-44-41-39-36-34-32-30-26-24-22-20-17-14-11-8-5-2/h16,19,23-26,28-29,55H,4-15,17-18,20-22,27,30-54H2,1-3H3/b19-16-,25-23-,26-24-,29-28-. The maximum absolute atomic E-state index is 12.7. The molecule has 0 aromatic rings. The molecule has 0 bridgehead atoms. The molecule has 0 N–H and O–H groups in total. The van der Waals surface area contributed by atoms with Crippen LogP contribution in [-0.2, 0) is 23.8 Å². The maximum Gasteiger partial charge on any atom is 0.306 e. The van der Waals surface area contributed by atoms with Crippen molar-refractivity contribution >= 4 is 11.9 Å². The summed E-state index contributed by atoms with van der Waals surface area (Å²) in [5.74, 6) is -0.400. The van der Waals surface area contributed by atoms with E-state index in [1.54, 1.807) is 0 Å². The van der Waals surface area contributed by atoms with Gasteiger partial charge < -0.3 is 14.2 Å². The van der Waals surface area contributed by atoms with Gasteiger partial charge in [0.1, 0.15) is 6.61 Å². The molecule has 0 aliphatic heterocycles. The molecule has 1 unspecified atom stereocenters. The zero-order chi connectivity index (χ0) is 44.9. The van der Waals surface area contributed by atoms with Crippen molar-refractivity contribution in [1.29, 1.82) is 0 Å². The Labute approximate surface area is 386 Å².